The summed E-state index contributed by atoms with van der Waals surface area (Å²) in [5.74, 6) is -1.04. The number of benzene rings is 1. The van der Waals surface area contributed by atoms with Crippen molar-refractivity contribution in [2.45, 2.75) is 25.1 Å². The molecule has 0 aliphatic heterocycles. The summed E-state index contributed by atoms with van der Waals surface area (Å²) in [7, 11) is 1.40. The van der Waals surface area contributed by atoms with Crippen LogP contribution >= 0.6 is 0 Å². The molecule has 1 unspecified atom stereocenters. The van der Waals surface area contributed by atoms with E-state index in [1.54, 1.807) is 0 Å². The number of rotatable bonds is 7. The van der Waals surface area contributed by atoms with Crippen LogP contribution in [0.5, 0.6) is 0 Å². The van der Waals surface area contributed by atoms with Gasteiger partial charge in [-0.25, -0.2) is 4.98 Å². The van der Waals surface area contributed by atoms with Crippen LogP contribution < -0.4 is 5.56 Å². The van der Waals surface area contributed by atoms with Gasteiger partial charge in [0.2, 0.25) is 0 Å². The SMILES string of the molecule is COCc1nc(C(=O)CC(CO)c2ccc(C(F)(F)F)cc2)cc(=O)[nH]1. The second-order valence-electron chi connectivity index (χ2n) is 5.64. The third-order valence-electron chi connectivity index (χ3n) is 3.72. The molecular weight excluding hydrogens is 353 g/mol. The number of alkyl halides is 3. The molecule has 6 nitrogen and oxygen atoms in total. The number of carbonyl (C=O) groups is 1. The summed E-state index contributed by atoms with van der Waals surface area (Å²) >= 11 is 0. The molecule has 2 N–H and O–H groups in total. The van der Waals surface area contributed by atoms with Crippen molar-refractivity contribution in [2.75, 3.05) is 13.7 Å². The minimum Gasteiger partial charge on any atom is -0.396 e. The van der Waals surface area contributed by atoms with Gasteiger partial charge in [0.25, 0.3) is 5.56 Å². The van der Waals surface area contributed by atoms with E-state index in [4.69, 9.17) is 4.74 Å². The smallest absolute Gasteiger partial charge is 0.396 e. The Morgan fingerprint density at radius 3 is 2.50 bits per heavy atom. The lowest BCUT2D eigenvalue weighted by Gasteiger charge is -2.15. The van der Waals surface area contributed by atoms with E-state index >= 15 is 0 Å². The van der Waals surface area contributed by atoms with Gasteiger partial charge in [0.05, 0.1) is 12.2 Å². The molecule has 2 aromatic rings. The van der Waals surface area contributed by atoms with Crippen molar-refractivity contribution in [1.29, 1.82) is 0 Å². The number of aromatic nitrogens is 2. The molecule has 0 aliphatic rings. The second kappa shape index (κ2) is 8.24. The summed E-state index contributed by atoms with van der Waals surface area (Å²) in [6.45, 7) is -0.427. The van der Waals surface area contributed by atoms with Gasteiger partial charge >= 0.3 is 6.18 Å². The van der Waals surface area contributed by atoms with E-state index in [-0.39, 0.29) is 24.5 Å². The molecule has 0 radical (unpaired) electrons. The van der Waals surface area contributed by atoms with Crippen LogP contribution in [0.3, 0.4) is 0 Å². The summed E-state index contributed by atoms with van der Waals surface area (Å²) in [5, 5.41) is 9.52. The first kappa shape index (κ1) is 19.8. The lowest BCUT2D eigenvalue weighted by molar-refractivity contribution is -0.137. The highest BCUT2D eigenvalue weighted by Crippen LogP contribution is 2.30. The number of aromatic amines is 1. The number of nitrogens with zero attached hydrogens (tertiary/aromatic N) is 1. The Labute approximate surface area is 146 Å². The van der Waals surface area contributed by atoms with Crippen LogP contribution in [0, 0.1) is 0 Å². The monoisotopic (exact) mass is 370 g/mol. The van der Waals surface area contributed by atoms with E-state index in [2.05, 4.69) is 9.97 Å². The average Bonchev–Trinajstić information content (AvgIpc) is 2.58. The lowest BCUT2D eigenvalue weighted by Crippen LogP contribution is -2.18. The number of aliphatic hydroxyl groups excluding tert-OH is 1. The van der Waals surface area contributed by atoms with Crippen molar-refractivity contribution in [2.24, 2.45) is 0 Å². The molecule has 1 atom stereocenters. The van der Waals surface area contributed by atoms with Gasteiger partial charge in [-0.15, -0.1) is 0 Å². The summed E-state index contributed by atoms with van der Waals surface area (Å²) in [4.78, 5) is 30.4. The van der Waals surface area contributed by atoms with Gasteiger partial charge in [-0.1, -0.05) is 12.1 Å². The normalized spacial score (nSPS) is 12.8. The third-order valence-corrected chi connectivity index (χ3v) is 3.72. The molecule has 0 aliphatic carbocycles. The first-order chi connectivity index (χ1) is 12.2. The van der Waals surface area contributed by atoms with Gasteiger partial charge in [0.1, 0.15) is 18.1 Å². The zero-order valence-electron chi connectivity index (χ0n) is 13.8. The second-order valence-corrected chi connectivity index (χ2v) is 5.64. The van der Waals surface area contributed by atoms with Crippen molar-refractivity contribution in [3.63, 3.8) is 0 Å². The molecule has 0 saturated heterocycles. The Morgan fingerprint density at radius 1 is 1.31 bits per heavy atom. The van der Waals surface area contributed by atoms with Crippen LogP contribution in [0.15, 0.2) is 35.1 Å². The summed E-state index contributed by atoms with van der Waals surface area (Å²) < 4.78 is 42.7. The molecule has 0 spiro atoms. The van der Waals surface area contributed by atoms with Crippen molar-refractivity contribution in [1.82, 2.24) is 9.97 Å². The summed E-state index contributed by atoms with van der Waals surface area (Å²) in [5.41, 5.74) is -1.04. The molecule has 0 saturated carbocycles. The number of ketones is 1. The standard InChI is InChI=1S/C17H17F3N2O4/c1-26-9-15-21-13(7-16(25)22-15)14(24)6-11(8-23)10-2-4-12(5-3-10)17(18,19)20/h2-5,7,11,23H,6,8-9H2,1H3,(H,21,22,25). The Hall–Kier alpha value is -2.52. The molecule has 9 heteroatoms. The largest absolute Gasteiger partial charge is 0.416 e. The molecule has 0 bridgehead atoms. The first-order valence-electron chi connectivity index (χ1n) is 7.65. The Kier molecular flexibility index (Phi) is 6.27. The maximum Gasteiger partial charge on any atom is 0.416 e. The molecule has 140 valence electrons. The quantitative estimate of drug-likeness (QED) is 0.730. The predicted octanol–water partition coefficient (Wildman–Crippen LogP) is 2.28. The molecule has 1 aromatic heterocycles. The van der Waals surface area contributed by atoms with Crippen LogP contribution in [0.25, 0.3) is 0 Å². The number of methoxy groups -OCH3 is 1. The Balaban J connectivity index is 2.19. The van der Waals surface area contributed by atoms with Gasteiger partial charge in [0.15, 0.2) is 5.78 Å². The van der Waals surface area contributed by atoms with Gasteiger partial charge in [0, 0.05) is 25.5 Å². The highest BCUT2D eigenvalue weighted by atomic mass is 19.4. The molecule has 26 heavy (non-hydrogen) atoms. The van der Waals surface area contributed by atoms with Gasteiger partial charge in [-0.05, 0) is 17.7 Å². The van der Waals surface area contributed by atoms with Crippen molar-refractivity contribution >= 4 is 5.78 Å². The number of nitrogens with one attached hydrogen (secondary N) is 1. The fourth-order valence-electron chi connectivity index (χ4n) is 2.42. The third kappa shape index (κ3) is 4.99. The van der Waals surface area contributed by atoms with E-state index in [1.807, 2.05) is 0 Å². The van der Waals surface area contributed by atoms with Crippen molar-refractivity contribution in [3.8, 4) is 0 Å². The average molecular weight is 370 g/mol. The van der Waals surface area contributed by atoms with Crippen LogP contribution in [-0.2, 0) is 17.5 Å². The number of ether oxygens (including phenoxy) is 1. The fourth-order valence-corrected chi connectivity index (χ4v) is 2.42. The van der Waals surface area contributed by atoms with Crippen LogP contribution in [0.4, 0.5) is 13.2 Å². The zero-order valence-corrected chi connectivity index (χ0v) is 13.8. The lowest BCUT2D eigenvalue weighted by atomic mass is 9.93. The van der Waals surface area contributed by atoms with E-state index in [0.717, 1.165) is 18.2 Å². The zero-order chi connectivity index (χ0) is 19.3. The van der Waals surface area contributed by atoms with Crippen LogP contribution in [0.1, 0.15) is 39.8 Å². The van der Waals surface area contributed by atoms with Gasteiger partial charge in [-0.3, -0.25) is 9.59 Å². The van der Waals surface area contributed by atoms with Crippen LogP contribution in [0.2, 0.25) is 0 Å². The molecule has 1 heterocycles. The van der Waals surface area contributed by atoms with Crippen molar-refractivity contribution in [3.05, 3.63) is 63.3 Å². The van der Waals surface area contributed by atoms with E-state index in [1.165, 1.54) is 19.2 Å². The number of hydrogen-bond acceptors (Lipinski definition) is 5. The van der Waals surface area contributed by atoms with Gasteiger partial charge < -0.3 is 14.8 Å². The number of aliphatic hydroxyl groups is 1. The number of Topliss-reactive ketones (excluding diaryl/α,β-unsaturated/α-hetero) is 1. The van der Waals surface area contributed by atoms with E-state index in [0.29, 0.717) is 5.56 Å². The topological polar surface area (TPSA) is 92.3 Å². The maximum absolute atomic E-state index is 12.6. The summed E-state index contributed by atoms with van der Waals surface area (Å²) in [6.07, 6.45) is -4.67. The molecule has 0 amide bonds. The minimum absolute atomic E-state index is 0.0126. The Morgan fingerprint density at radius 2 is 1.96 bits per heavy atom. The summed E-state index contributed by atoms with van der Waals surface area (Å²) in [6, 6.07) is 5.26. The van der Waals surface area contributed by atoms with E-state index < -0.39 is 35.6 Å². The van der Waals surface area contributed by atoms with Crippen molar-refractivity contribution < 1.29 is 27.8 Å². The molecular formula is C17H17F3N2O4. The molecule has 0 fully saturated rings. The number of H-pyrrole nitrogens is 1. The van der Waals surface area contributed by atoms with Crippen LogP contribution in [-0.4, -0.2) is 34.6 Å². The van der Waals surface area contributed by atoms with E-state index in [9.17, 15) is 27.9 Å². The highest BCUT2D eigenvalue weighted by Gasteiger charge is 2.30. The van der Waals surface area contributed by atoms with Gasteiger partial charge in [-0.2, -0.15) is 13.2 Å². The highest BCUT2D eigenvalue weighted by molar-refractivity contribution is 5.94. The number of halogens is 3. The Bertz CT molecular complexity index is 816. The maximum atomic E-state index is 12.6. The number of carbonyl (C=O) groups excluding carboxylic acids is 1. The number of hydrogen-bond donors (Lipinski definition) is 2. The fraction of sp³-hybridized carbons (Fsp3) is 0.353. The first-order valence-corrected chi connectivity index (χ1v) is 7.65. The minimum atomic E-state index is -4.46. The molecule has 1 aromatic carbocycles. The predicted molar refractivity (Wildman–Crippen MR) is 85.8 cm³/mol. The molecule has 2 rings (SSSR count).